The number of rotatable bonds is 2. The molecule has 0 aromatic rings. The van der Waals surface area contributed by atoms with Crippen molar-refractivity contribution in [3.05, 3.63) is 23.4 Å². The monoisotopic (exact) mass is 393 g/mol. The van der Waals surface area contributed by atoms with Crippen molar-refractivity contribution in [3.63, 3.8) is 0 Å². The van der Waals surface area contributed by atoms with Crippen LogP contribution in [0.5, 0.6) is 0 Å². The van der Waals surface area contributed by atoms with E-state index in [9.17, 15) is 14.4 Å². The minimum atomic E-state index is -1.23. The van der Waals surface area contributed by atoms with Gasteiger partial charge >= 0.3 is 18.0 Å². The van der Waals surface area contributed by atoms with Gasteiger partial charge in [0.15, 0.2) is 0 Å². The summed E-state index contributed by atoms with van der Waals surface area (Å²) in [7, 11) is 1.33. The summed E-state index contributed by atoms with van der Waals surface area (Å²) in [6, 6.07) is 0. The fourth-order valence-corrected chi connectivity index (χ4v) is 3.51. The van der Waals surface area contributed by atoms with E-state index in [2.05, 4.69) is 0 Å². The highest BCUT2D eigenvalue weighted by atomic mass is 16.6. The topological polar surface area (TPSA) is 82.1 Å². The molecule has 1 aliphatic carbocycles. The first kappa shape index (κ1) is 22.0. The zero-order chi connectivity index (χ0) is 21.5. The van der Waals surface area contributed by atoms with Gasteiger partial charge in [0.25, 0.3) is 0 Å². The Hall–Kier alpha value is -2.31. The molecular weight excluding hydrogens is 362 g/mol. The second-order valence-corrected chi connectivity index (χ2v) is 9.47. The van der Waals surface area contributed by atoms with Crippen molar-refractivity contribution in [2.24, 2.45) is 5.92 Å². The number of nitrogens with zero attached hydrogens (tertiary/aromatic N) is 1. The Kier molecular flexibility index (Phi) is 5.70. The van der Waals surface area contributed by atoms with E-state index >= 15 is 0 Å². The number of likely N-dealkylation sites (tertiary alicyclic amines) is 1. The smallest absolute Gasteiger partial charge is 0.415 e. The SMILES string of the molecule is COC(=O)C1=CC=C2C(C1)CC(C)(C(=O)OC(C)(C)C)N2C(=O)OC(C)(C)C. The van der Waals surface area contributed by atoms with Crippen LogP contribution in [0.4, 0.5) is 4.79 Å². The lowest BCUT2D eigenvalue weighted by molar-refractivity contribution is -0.166. The van der Waals surface area contributed by atoms with Gasteiger partial charge in [0.1, 0.15) is 16.7 Å². The normalized spacial score (nSPS) is 24.7. The maximum absolute atomic E-state index is 13.1. The third kappa shape index (κ3) is 4.56. The minimum absolute atomic E-state index is 0.191. The van der Waals surface area contributed by atoms with E-state index < -0.39 is 34.8 Å². The molecule has 156 valence electrons. The fraction of sp³-hybridized carbons (Fsp3) is 0.667. The number of hydrogen-bond acceptors (Lipinski definition) is 6. The Balaban J connectivity index is 2.44. The van der Waals surface area contributed by atoms with Gasteiger partial charge in [0, 0.05) is 17.2 Å². The summed E-state index contributed by atoms with van der Waals surface area (Å²) in [6.07, 6.45) is 3.44. The van der Waals surface area contributed by atoms with E-state index in [-0.39, 0.29) is 5.92 Å². The highest BCUT2D eigenvalue weighted by molar-refractivity contribution is 5.91. The molecule has 0 spiro atoms. The van der Waals surface area contributed by atoms with Gasteiger partial charge in [-0.1, -0.05) is 6.08 Å². The summed E-state index contributed by atoms with van der Waals surface area (Å²) in [5, 5.41) is 0. The summed E-state index contributed by atoms with van der Waals surface area (Å²) in [5.41, 5.74) is -1.49. The number of methoxy groups -OCH3 is 1. The molecule has 0 radical (unpaired) electrons. The highest BCUT2D eigenvalue weighted by Crippen LogP contribution is 2.47. The van der Waals surface area contributed by atoms with Crippen molar-refractivity contribution < 1.29 is 28.6 Å². The summed E-state index contributed by atoms with van der Waals surface area (Å²) in [4.78, 5) is 39.4. The number of fused-ring (bicyclic) bond motifs is 1. The Morgan fingerprint density at radius 3 is 2.11 bits per heavy atom. The lowest BCUT2D eigenvalue weighted by Crippen LogP contribution is -2.53. The van der Waals surface area contributed by atoms with Gasteiger partial charge in [-0.3, -0.25) is 4.90 Å². The van der Waals surface area contributed by atoms with Crippen molar-refractivity contribution in [2.75, 3.05) is 7.11 Å². The number of esters is 2. The first-order chi connectivity index (χ1) is 12.7. The van der Waals surface area contributed by atoms with Crippen molar-refractivity contribution in [2.45, 2.75) is 78.0 Å². The zero-order valence-electron chi connectivity index (χ0n) is 18.0. The number of carbonyl (C=O) groups excluding carboxylic acids is 3. The molecule has 2 atom stereocenters. The molecule has 0 N–H and O–H groups in total. The molecule has 0 saturated carbocycles. The van der Waals surface area contributed by atoms with Gasteiger partial charge in [-0.2, -0.15) is 0 Å². The van der Waals surface area contributed by atoms with Crippen LogP contribution in [0.3, 0.4) is 0 Å². The van der Waals surface area contributed by atoms with E-state index in [1.165, 1.54) is 12.0 Å². The molecule has 7 nitrogen and oxygen atoms in total. The second kappa shape index (κ2) is 7.26. The molecule has 0 aromatic carbocycles. The summed E-state index contributed by atoms with van der Waals surface area (Å²) in [5.74, 6) is -1.10. The molecule has 1 saturated heterocycles. The lowest BCUT2D eigenvalue weighted by atomic mass is 9.87. The third-order valence-electron chi connectivity index (χ3n) is 4.60. The van der Waals surface area contributed by atoms with Gasteiger partial charge in [0.05, 0.1) is 7.11 Å². The molecule has 0 aromatic heterocycles. The van der Waals surface area contributed by atoms with Crippen molar-refractivity contribution in [1.82, 2.24) is 4.90 Å². The maximum atomic E-state index is 13.1. The fourth-order valence-electron chi connectivity index (χ4n) is 3.51. The number of carbonyl (C=O) groups is 3. The van der Waals surface area contributed by atoms with E-state index in [0.29, 0.717) is 24.1 Å². The van der Waals surface area contributed by atoms with Crippen molar-refractivity contribution >= 4 is 18.0 Å². The minimum Gasteiger partial charge on any atom is -0.466 e. The highest BCUT2D eigenvalue weighted by Gasteiger charge is 2.56. The number of ether oxygens (including phenoxy) is 3. The van der Waals surface area contributed by atoms with E-state index in [4.69, 9.17) is 14.2 Å². The van der Waals surface area contributed by atoms with Gasteiger partial charge < -0.3 is 14.2 Å². The second-order valence-electron chi connectivity index (χ2n) is 9.47. The van der Waals surface area contributed by atoms with Crippen LogP contribution < -0.4 is 0 Å². The van der Waals surface area contributed by atoms with Crippen LogP contribution in [0, 0.1) is 5.92 Å². The van der Waals surface area contributed by atoms with E-state index in [0.717, 1.165) is 0 Å². The molecule has 1 heterocycles. The average Bonchev–Trinajstić information content (AvgIpc) is 2.83. The van der Waals surface area contributed by atoms with Crippen molar-refractivity contribution in [3.8, 4) is 0 Å². The molecule has 0 bridgehead atoms. The quantitative estimate of drug-likeness (QED) is 0.525. The maximum Gasteiger partial charge on any atom is 0.415 e. The molecular formula is C21H31NO6. The van der Waals surface area contributed by atoms with Crippen LogP contribution in [0.15, 0.2) is 23.4 Å². The third-order valence-corrected chi connectivity index (χ3v) is 4.60. The van der Waals surface area contributed by atoms with Crippen LogP contribution in [0.1, 0.15) is 61.3 Å². The largest absolute Gasteiger partial charge is 0.466 e. The summed E-state index contributed by atoms with van der Waals surface area (Å²) in [6.45, 7) is 12.3. The number of amides is 1. The Bertz CT molecular complexity index is 737. The van der Waals surface area contributed by atoms with Gasteiger partial charge in [0.2, 0.25) is 0 Å². The molecule has 28 heavy (non-hydrogen) atoms. The molecule has 2 aliphatic rings. The zero-order valence-corrected chi connectivity index (χ0v) is 18.0. The molecule has 1 fully saturated rings. The van der Waals surface area contributed by atoms with Crippen LogP contribution >= 0.6 is 0 Å². The Labute approximate surface area is 166 Å². The molecule has 1 amide bonds. The number of allylic oxidation sites excluding steroid dienone is 3. The van der Waals surface area contributed by atoms with E-state index in [1.54, 1.807) is 60.6 Å². The first-order valence-corrected chi connectivity index (χ1v) is 9.44. The predicted molar refractivity (Wildman–Crippen MR) is 103 cm³/mol. The lowest BCUT2D eigenvalue weighted by Gasteiger charge is -2.36. The summed E-state index contributed by atoms with van der Waals surface area (Å²) >= 11 is 0. The van der Waals surface area contributed by atoms with Crippen molar-refractivity contribution in [1.29, 1.82) is 0 Å². The van der Waals surface area contributed by atoms with Crippen LogP contribution in [0.2, 0.25) is 0 Å². The predicted octanol–water partition coefficient (Wildman–Crippen LogP) is 3.73. The Morgan fingerprint density at radius 1 is 1.04 bits per heavy atom. The standard InChI is InChI=1S/C21H31NO6/c1-19(2,3)27-17(24)21(7)12-14-11-13(16(23)26-8)9-10-15(14)22(21)18(25)28-20(4,5)6/h9-10,14H,11-12H2,1-8H3. The molecule has 1 aliphatic heterocycles. The summed E-state index contributed by atoms with van der Waals surface area (Å²) < 4.78 is 16.0. The average molecular weight is 393 g/mol. The number of hydrogen-bond donors (Lipinski definition) is 0. The molecule has 2 rings (SSSR count). The van der Waals surface area contributed by atoms with Crippen LogP contribution in [0.25, 0.3) is 0 Å². The van der Waals surface area contributed by atoms with E-state index in [1.807, 2.05) is 0 Å². The Morgan fingerprint density at radius 2 is 1.61 bits per heavy atom. The van der Waals surface area contributed by atoms with Gasteiger partial charge in [-0.05, 0) is 67.4 Å². The van der Waals surface area contributed by atoms with Gasteiger partial charge in [-0.25, -0.2) is 14.4 Å². The van der Waals surface area contributed by atoms with Gasteiger partial charge in [-0.15, -0.1) is 0 Å². The molecule has 2 unspecified atom stereocenters. The van der Waals surface area contributed by atoms with Crippen LogP contribution in [-0.2, 0) is 23.8 Å². The first-order valence-electron chi connectivity index (χ1n) is 9.44. The molecule has 7 heteroatoms. The van der Waals surface area contributed by atoms with Crippen LogP contribution in [-0.4, -0.2) is 46.8 Å².